The van der Waals surface area contributed by atoms with E-state index in [9.17, 15) is 0 Å². The Labute approximate surface area is 173 Å². The van der Waals surface area contributed by atoms with E-state index in [1.54, 1.807) is 0 Å². The van der Waals surface area contributed by atoms with E-state index in [0.29, 0.717) is 11.6 Å². The molecule has 1 aliphatic heterocycles. The maximum Gasteiger partial charge on any atom is 0.0999 e. The van der Waals surface area contributed by atoms with E-state index in [1.165, 1.54) is 11.1 Å². The van der Waals surface area contributed by atoms with Crippen LogP contribution in [0.4, 0.5) is 0 Å². The van der Waals surface area contributed by atoms with E-state index >= 15 is 0 Å². The minimum absolute atomic E-state index is 0.615. The van der Waals surface area contributed by atoms with Crippen molar-refractivity contribution in [3.8, 4) is 0 Å². The monoisotopic (exact) mass is 386 g/mol. The Morgan fingerprint density at radius 2 is 1.82 bits per heavy atom. The molecule has 3 rings (SSSR count). The fraction of sp³-hybridized carbons (Fsp3) is 0.200. The minimum Gasteiger partial charge on any atom is -0.280 e. The first-order valence-electron chi connectivity index (χ1n) is 9.52. The summed E-state index contributed by atoms with van der Waals surface area (Å²) in [6.07, 6.45) is 4.98. The second kappa shape index (κ2) is 9.03. The second-order valence-electron chi connectivity index (χ2n) is 7.03. The zero-order valence-corrected chi connectivity index (χ0v) is 17.6. The van der Waals surface area contributed by atoms with Crippen LogP contribution in [0.3, 0.4) is 0 Å². The molecular weight excluding hydrogens is 360 g/mol. The normalized spacial score (nSPS) is 14.7. The van der Waals surface area contributed by atoms with Gasteiger partial charge in [-0.05, 0) is 54.2 Å². The van der Waals surface area contributed by atoms with Gasteiger partial charge in [-0.3, -0.25) is 4.99 Å². The predicted molar refractivity (Wildman–Crippen MR) is 126 cm³/mol. The van der Waals surface area contributed by atoms with Gasteiger partial charge in [0.1, 0.15) is 0 Å². The molecule has 0 unspecified atom stereocenters. The average molecular weight is 387 g/mol. The predicted octanol–water partition coefficient (Wildman–Crippen LogP) is 6.23. The molecular formula is C25H26N2S. The van der Waals surface area contributed by atoms with Crippen LogP contribution in [-0.4, -0.2) is 17.3 Å². The lowest BCUT2D eigenvalue weighted by molar-refractivity contribution is 1.14. The molecule has 0 saturated carbocycles. The summed E-state index contributed by atoms with van der Waals surface area (Å²) in [5, 5.41) is 0.621. The van der Waals surface area contributed by atoms with E-state index in [1.807, 2.05) is 13.1 Å². The van der Waals surface area contributed by atoms with Gasteiger partial charge in [-0.25, -0.2) is 4.99 Å². The standard InChI is InChI=1S/C25H26N2S/c1-5-20-8-12-22(13-9-20)24-14-23(16-26-24)19(4)25(28)27-15-18(3)21-10-6-17(2)7-11-21/h6-15H,4-5,16H2,1-3H3,(H,27,28)/b18-15+. The highest BCUT2D eigenvalue weighted by molar-refractivity contribution is 7.97. The Morgan fingerprint density at radius 1 is 1.14 bits per heavy atom. The molecule has 2 aromatic carbocycles. The summed E-state index contributed by atoms with van der Waals surface area (Å²) in [6, 6.07) is 17.0. The van der Waals surface area contributed by atoms with Crippen LogP contribution in [0.5, 0.6) is 0 Å². The van der Waals surface area contributed by atoms with Gasteiger partial charge >= 0.3 is 0 Å². The molecule has 1 heterocycles. The summed E-state index contributed by atoms with van der Waals surface area (Å²) < 4.78 is 0. The maximum absolute atomic E-state index is 4.66. The second-order valence-corrected chi connectivity index (χ2v) is 7.45. The number of hydrogen-bond acceptors (Lipinski definition) is 2. The topological polar surface area (TPSA) is 24.7 Å². The quantitative estimate of drug-likeness (QED) is 0.346. The third-order valence-electron chi connectivity index (χ3n) is 4.93. The molecule has 0 amide bonds. The number of hydrogen-bond donors (Lipinski definition) is 1. The van der Waals surface area contributed by atoms with Gasteiger partial charge in [-0.1, -0.05) is 67.6 Å². The first kappa shape index (κ1) is 20.1. The molecule has 0 radical (unpaired) electrons. The molecule has 0 spiro atoms. The Hall–Kier alpha value is -2.65. The van der Waals surface area contributed by atoms with E-state index in [4.69, 9.17) is 0 Å². The van der Waals surface area contributed by atoms with Crippen LogP contribution in [0.25, 0.3) is 5.57 Å². The summed E-state index contributed by atoms with van der Waals surface area (Å²) in [6.45, 7) is 11.1. The zero-order chi connectivity index (χ0) is 20.1. The van der Waals surface area contributed by atoms with Crippen molar-refractivity contribution in [2.24, 2.45) is 9.98 Å². The van der Waals surface area contributed by atoms with E-state index < -0.39 is 0 Å². The lowest BCUT2D eigenvalue weighted by Crippen LogP contribution is -1.98. The number of aliphatic imine (C=N–C) groups is 2. The van der Waals surface area contributed by atoms with Gasteiger partial charge in [0.2, 0.25) is 0 Å². The minimum atomic E-state index is 0.615. The molecule has 2 nitrogen and oxygen atoms in total. The fourth-order valence-electron chi connectivity index (χ4n) is 2.97. The maximum atomic E-state index is 4.66. The number of thiol groups is 1. The summed E-state index contributed by atoms with van der Waals surface area (Å²) in [7, 11) is 0. The molecule has 0 atom stereocenters. The molecule has 0 N–H and O–H groups in total. The SMILES string of the molecule is C=C(C1=CC(c2ccc(CC)cc2)=NC1)/C(S)=N\C=C(/C)c1ccc(C)cc1. The highest BCUT2D eigenvalue weighted by atomic mass is 32.1. The molecule has 0 fully saturated rings. The Bertz CT molecular complexity index is 988. The largest absolute Gasteiger partial charge is 0.280 e. The van der Waals surface area contributed by atoms with Gasteiger partial charge in [0, 0.05) is 11.8 Å². The van der Waals surface area contributed by atoms with Crippen LogP contribution < -0.4 is 0 Å². The van der Waals surface area contributed by atoms with E-state index in [-0.39, 0.29) is 0 Å². The van der Waals surface area contributed by atoms with Crippen molar-refractivity contribution < 1.29 is 0 Å². The van der Waals surface area contributed by atoms with Crippen LogP contribution >= 0.6 is 12.6 Å². The number of benzene rings is 2. The van der Waals surface area contributed by atoms with Crippen molar-refractivity contribution in [1.82, 2.24) is 0 Å². The first-order chi connectivity index (χ1) is 13.5. The van der Waals surface area contributed by atoms with Gasteiger partial charge in [0.25, 0.3) is 0 Å². The molecule has 3 heteroatoms. The van der Waals surface area contributed by atoms with Crippen LogP contribution in [-0.2, 0) is 6.42 Å². The molecule has 0 aromatic heterocycles. The van der Waals surface area contributed by atoms with Crippen molar-refractivity contribution >= 4 is 29.0 Å². The summed E-state index contributed by atoms with van der Waals surface area (Å²) in [5.41, 5.74) is 8.83. The lowest BCUT2D eigenvalue weighted by Gasteiger charge is -2.05. The Balaban J connectivity index is 1.71. The highest BCUT2D eigenvalue weighted by Gasteiger charge is 2.14. The van der Waals surface area contributed by atoms with E-state index in [0.717, 1.165) is 40.0 Å². The first-order valence-corrected chi connectivity index (χ1v) is 9.97. The third-order valence-corrected chi connectivity index (χ3v) is 5.32. The van der Waals surface area contributed by atoms with Crippen molar-refractivity contribution in [3.05, 3.63) is 101 Å². The number of nitrogens with zero attached hydrogens (tertiary/aromatic N) is 2. The van der Waals surface area contributed by atoms with Crippen molar-refractivity contribution in [3.63, 3.8) is 0 Å². The molecule has 142 valence electrons. The van der Waals surface area contributed by atoms with Crippen LogP contribution in [0.2, 0.25) is 0 Å². The van der Waals surface area contributed by atoms with E-state index in [2.05, 4.69) is 97.6 Å². The van der Waals surface area contributed by atoms with Crippen LogP contribution in [0.15, 0.2) is 88.5 Å². The number of allylic oxidation sites excluding steroid dienone is 2. The summed E-state index contributed by atoms with van der Waals surface area (Å²) in [4.78, 5) is 9.17. The summed E-state index contributed by atoms with van der Waals surface area (Å²) in [5.74, 6) is 0. The Kier molecular flexibility index (Phi) is 6.48. The average Bonchev–Trinajstić information content (AvgIpc) is 3.22. The number of aryl methyl sites for hydroxylation is 2. The van der Waals surface area contributed by atoms with Gasteiger partial charge in [-0.15, -0.1) is 12.6 Å². The molecule has 2 aromatic rings. The van der Waals surface area contributed by atoms with Crippen LogP contribution in [0.1, 0.15) is 36.1 Å². The smallest absolute Gasteiger partial charge is 0.0999 e. The fourth-order valence-corrected chi connectivity index (χ4v) is 3.17. The summed E-state index contributed by atoms with van der Waals surface area (Å²) >= 11 is 4.56. The number of rotatable bonds is 6. The zero-order valence-electron chi connectivity index (χ0n) is 16.7. The van der Waals surface area contributed by atoms with Gasteiger partial charge in [-0.2, -0.15) is 0 Å². The Morgan fingerprint density at radius 3 is 2.46 bits per heavy atom. The molecule has 0 aliphatic carbocycles. The lowest BCUT2D eigenvalue weighted by atomic mass is 10.0. The van der Waals surface area contributed by atoms with Crippen molar-refractivity contribution in [1.29, 1.82) is 0 Å². The highest BCUT2D eigenvalue weighted by Crippen LogP contribution is 2.21. The molecule has 0 bridgehead atoms. The molecule has 28 heavy (non-hydrogen) atoms. The van der Waals surface area contributed by atoms with Crippen LogP contribution in [0, 0.1) is 6.92 Å². The van der Waals surface area contributed by atoms with Gasteiger partial charge in [0.05, 0.1) is 17.3 Å². The molecule has 0 saturated heterocycles. The third kappa shape index (κ3) is 4.79. The van der Waals surface area contributed by atoms with Gasteiger partial charge < -0.3 is 0 Å². The van der Waals surface area contributed by atoms with Crippen molar-refractivity contribution in [2.75, 3.05) is 6.54 Å². The molecule has 1 aliphatic rings. The van der Waals surface area contributed by atoms with Gasteiger partial charge in [0.15, 0.2) is 0 Å². The van der Waals surface area contributed by atoms with Crippen molar-refractivity contribution in [2.45, 2.75) is 27.2 Å².